The summed E-state index contributed by atoms with van der Waals surface area (Å²) >= 11 is 0. The third-order valence-electron chi connectivity index (χ3n) is 4.61. The molecule has 2 N–H and O–H groups in total. The molecule has 0 atom stereocenters. The Kier molecular flexibility index (Phi) is 6.67. The second kappa shape index (κ2) is 8.74. The van der Waals surface area contributed by atoms with Crippen LogP contribution in [0.25, 0.3) is 0 Å². The zero-order valence-corrected chi connectivity index (χ0v) is 15.0. The first kappa shape index (κ1) is 19.1. The smallest absolute Gasteiger partial charge is 0.305 e. The van der Waals surface area contributed by atoms with Gasteiger partial charge >= 0.3 is 5.97 Å². The molecule has 0 spiro atoms. The molecule has 0 unspecified atom stereocenters. The van der Waals surface area contributed by atoms with Crippen molar-refractivity contribution in [1.29, 1.82) is 0 Å². The Morgan fingerprint density at radius 3 is 2.56 bits per heavy atom. The van der Waals surface area contributed by atoms with Crippen molar-refractivity contribution in [2.24, 2.45) is 0 Å². The number of hydrogen-bond donors (Lipinski definition) is 2. The van der Waals surface area contributed by atoms with E-state index in [1.165, 1.54) is 7.11 Å². The number of nitrogens with one attached hydrogen (secondary N) is 1. The molecule has 0 aromatic heterocycles. The Bertz CT molecular complexity index is 608. The summed E-state index contributed by atoms with van der Waals surface area (Å²) in [5, 5.41) is 12.1. The maximum atomic E-state index is 12.6. The highest BCUT2D eigenvalue weighted by Crippen LogP contribution is 2.34. The minimum Gasteiger partial charge on any atom is -0.493 e. The van der Waals surface area contributed by atoms with Gasteiger partial charge in [-0.2, -0.15) is 0 Å². The van der Waals surface area contributed by atoms with E-state index in [1.807, 2.05) is 0 Å². The molecule has 1 aliphatic rings. The van der Waals surface area contributed by atoms with Crippen molar-refractivity contribution in [2.75, 3.05) is 13.7 Å². The Morgan fingerprint density at radius 2 is 1.96 bits per heavy atom. The van der Waals surface area contributed by atoms with Crippen LogP contribution in [0.5, 0.6) is 11.5 Å². The number of benzene rings is 1. The summed E-state index contributed by atoms with van der Waals surface area (Å²) in [4.78, 5) is 23.8. The standard InChI is InChI=1S/C19H27NO5/c1-3-4-11-25-15-8-7-14(12-16(15)24-2)18(23)20-19(13-17(21)22)9-5-6-10-19/h7-8,12H,3-6,9-11,13H2,1-2H3,(H,20,23)(H,21,22). The molecule has 1 saturated carbocycles. The van der Waals surface area contributed by atoms with Gasteiger partial charge in [-0.05, 0) is 37.5 Å². The van der Waals surface area contributed by atoms with Crippen LogP contribution in [0.2, 0.25) is 0 Å². The maximum Gasteiger partial charge on any atom is 0.305 e. The number of methoxy groups -OCH3 is 1. The lowest BCUT2D eigenvalue weighted by atomic mass is 9.92. The Morgan fingerprint density at radius 1 is 1.24 bits per heavy atom. The van der Waals surface area contributed by atoms with Crippen LogP contribution in [0.1, 0.15) is 62.2 Å². The summed E-state index contributed by atoms with van der Waals surface area (Å²) in [6, 6.07) is 5.05. The molecule has 0 saturated heterocycles. The summed E-state index contributed by atoms with van der Waals surface area (Å²) in [5.41, 5.74) is -0.205. The van der Waals surface area contributed by atoms with Crippen LogP contribution in [-0.2, 0) is 4.79 Å². The number of unbranched alkanes of at least 4 members (excludes halogenated alkanes) is 1. The molecule has 25 heavy (non-hydrogen) atoms. The van der Waals surface area contributed by atoms with Gasteiger partial charge in [0.2, 0.25) is 0 Å². The van der Waals surface area contributed by atoms with Crippen LogP contribution in [-0.4, -0.2) is 36.2 Å². The van der Waals surface area contributed by atoms with Gasteiger partial charge in [0.25, 0.3) is 5.91 Å². The van der Waals surface area contributed by atoms with Crippen molar-refractivity contribution in [3.63, 3.8) is 0 Å². The molecule has 1 aromatic carbocycles. The van der Waals surface area contributed by atoms with Crippen molar-refractivity contribution in [2.45, 2.75) is 57.4 Å². The molecule has 0 heterocycles. The Balaban J connectivity index is 2.11. The van der Waals surface area contributed by atoms with Crippen LogP contribution in [0.4, 0.5) is 0 Å². The van der Waals surface area contributed by atoms with Gasteiger partial charge in [0.1, 0.15) is 0 Å². The monoisotopic (exact) mass is 349 g/mol. The van der Waals surface area contributed by atoms with Crippen molar-refractivity contribution in [3.8, 4) is 11.5 Å². The number of aliphatic carboxylic acids is 1. The van der Waals surface area contributed by atoms with E-state index in [9.17, 15) is 9.59 Å². The maximum absolute atomic E-state index is 12.6. The van der Waals surface area contributed by atoms with Crippen molar-refractivity contribution >= 4 is 11.9 Å². The number of carboxylic acids is 1. The summed E-state index contributed by atoms with van der Waals surface area (Å²) in [6.45, 7) is 2.68. The lowest BCUT2D eigenvalue weighted by Gasteiger charge is -2.28. The summed E-state index contributed by atoms with van der Waals surface area (Å²) in [7, 11) is 1.53. The molecule has 0 radical (unpaired) electrons. The van der Waals surface area contributed by atoms with Gasteiger partial charge in [0.05, 0.1) is 25.7 Å². The zero-order valence-electron chi connectivity index (χ0n) is 15.0. The molecule has 0 bridgehead atoms. The largest absolute Gasteiger partial charge is 0.493 e. The predicted molar refractivity (Wildman–Crippen MR) is 94.3 cm³/mol. The second-order valence-corrected chi connectivity index (χ2v) is 6.58. The number of carbonyl (C=O) groups excluding carboxylic acids is 1. The quantitative estimate of drug-likeness (QED) is 0.668. The lowest BCUT2D eigenvalue weighted by Crippen LogP contribution is -2.47. The molecule has 6 heteroatoms. The first-order chi connectivity index (χ1) is 12.0. The fourth-order valence-corrected chi connectivity index (χ4v) is 3.25. The van der Waals surface area contributed by atoms with Crippen LogP contribution >= 0.6 is 0 Å². The Labute approximate surface area is 148 Å². The van der Waals surface area contributed by atoms with Gasteiger partial charge in [0.15, 0.2) is 11.5 Å². The third kappa shape index (κ3) is 5.11. The zero-order chi connectivity index (χ0) is 18.3. The van der Waals surface area contributed by atoms with E-state index in [4.69, 9.17) is 14.6 Å². The molecule has 0 aliphatic heterocycles. The van der Waals surface area contributed by atoms with E-state index in [0.29, 0.717) is 36.5 Å². The highest BCUT2D eigenvalue weighted by Gasteiger charge is 2.37. The van der Waals surface area contributed by atoms with Gasteiger partial charge in [-0.25, -0.2) is 0 Å². The van der Waals surface area contributed by atoms with Crippen LogP contribution in [0.15, 0.2) is 18.2 Å². The first-order valence-electron chi connectivity index (χ1n) is 8.85. The molecular weight excluding hydrogens is 322 g/mol. The fourth-order valence-electron chi connectivity index (χ4n) is 3.25. The Hall–Kier alpha value is -2.24. The number of ether oxygens (including phenoxy) is 2. The van der Waals surface area contributed by atoms with Gasteiger partial charge < -0.3 is 19.9 Å². The van der Waals surface area contributed by atoms with E-state index >= 15 is 0 Å². The topological polar surface area (TPSA) is 84.9 Å². The lowest BCUT2D eigenvalue weighted by molar-refractivity contribution is -0.138. The summed E-state index contributed by atoms with van der Waals surface area (Å²) in [6.07, 6.45) is 5.19. The van der Waals surface area contributed by atoms with Gasteiger partial charge in [0, 0.05) is 5.56 Å². The van der Waals surface area contributed by atoms with Crippen molar-refractivity contribution < 1.29 is 24.2 Å². The number of rotatable bonds is 9. The predicted octanol–water partition coefficient (Wildman–Crippen LogP) is 3.39. The molecule has 138 valence electrons. The summed E-state index contributed by atoms with van der Waals surface area (Å²) in [5.74, 6) is -0.0583. The van der Waals surface area contributed by atoms with E-state index in [2.05, 4.69) is 12.2 Å². The average molecular weight is 349 g/mol. The number of hydrogen-bond acceptors (Lipinski definition) is 4. The minimum absolute atomic E-state index is 0.0475. The van der Waals surface area contributed by atoms with Crippen molar-refractivity contribution in [1.82, 2.24) is 5.32 Å². The van der Waals surface area contributed by atoms with E-state index in [-0.39, 0.29) is 12.3 Å². The van der Waals surface area contributed by atoms with Crippen LogP contribution < -0.4 is 14.8 Å². The van der Waals surface area contributed by atoms with E-state index in [0.717, 1.165) is 25.7 Å². The molecule has 1 amide bonds. The molecule has 2 rings (SSSR count). The van der Waals surface area contributed by atoms with E-state index < -0.39 is 11.5 Å². The minimum atomic E-state index is -0.889. The van der Waals surface area contributed by atoms with Crippen LogP contribution in [0.3, 0.4) is 0 Å². The molecule has 1 aromatic rings. The van der Waals surface area contributed by atoms with E-state index in [1.54, 1.807) is 18.2 Å². The van der Waals surface area contributed by atoms with Gasteiger partial charge in [-0.3, -0.25) is 9.59 Å². The second-order valence-electron chi connectivity index (χ2n) is 6.58. The highest BCUT2D eigenvalue weighted by molar-refractivity contribution is 5.95. The number of amides is 1. The van der Waals surface area contributed by atoms with Gasteiger partial charge in [-0.1, -0.05) is 26.2 Å². The number of carbonyl (C=O) groups is 2. The molecule has 1 aliphatic carbocycles. The average Bonchev–Trinajstić information content (AvgIpc) is 3.02. The highest BCUT2D eigenvalue weighted by atomic mass is 16.5. The third-order valence-corrected chi connectivity index (χ3v) is 4.61. The molecular formula is C19H27NO5. The molecule has 6 nitrogen and oxygen atoms in total. The fraction of sp³-hybridized carbons (Fsp3) is 0.579. The van der Waals surface area contributed by atoms with Gasteiger partial charge in [-0.15, -0.1) is 0 Å². The van der Waals surface area contributed by atoms with Crippen LogP contribution in [0, 0.1) is 0 Å². The summed E-state index contributed by atoms with van der Waals surface area (Å²) < 4.78 is 11.0. The molecule has 1 fully saturated rings. The SMILES string of the molecule is CCCCOc1ccc(C(=O)NC2(CC(=O)O)CCCC2)cc1OC. The normalized spacial score (nSPS) is 15.6. The number of carboxylic acid groups (broad SMARTS) is 1. The van der Waals surface area contributed by atoms with Crippen molar-refractivity contribution in [3.05, 3.63) is 23.8 Å². The first-order valence-corrected chi connectivity index (χ1v) is 8.85.